The topological polar surface area (TPSA) is 108 Å². The minimum absolute atomic E-state index is 0.177. The van der Waals surface area contributed by atoms with Gasteiger partial charge < -0.3 is 28.5 Å². The molecule has 2 atom stereocenters. The molecule has 0 saturated carbocycles. The van der Waals surface area contributed by atoms with E-state index < -0.39 is 24.3 Å². The first kappa shape index (κ1) is 39.3. The predicted octanol–water partition coefficient (Wildman–Crippen LogP) is 6.65. The number of hydrogen-bond acceptors (Lipinski definition) is 7. The molecule has 0 rings (SSSR count). The second-order valence-electron chi connectivity index (χ2n) is 12.1. The number of nitrogens with zero attached hydrogens (tertiary/aromatic N) is 1. The molecule has 0 aromatic heterocycles. The maximum absolute atomic E-state index is 12.5. The van der Waals surface area contributed by atoms with Crippen LogP contribution in [0.2, 0.25) is 0 Å². The smallest absolute Gasteiger partial charge is 0.361 e. The van der Waals surface area contributed by atoms with Crippen molar-refractivity contribution in [1.82, 2.24) is 0 Å². The molecular weight excluding hydrogens is 526 g/mol. The van der Waals surface area contributed by atoms with Gasteiger partial charge in [0.1, 0.15) is 13.2 Å². The Labute approximate surface area is 250 Å². The monoisotopic (exact) mass is 588 g/mol. The Morgan fingerprint density at radius 3 is 1.56 bits per heavy atom. The standard InChI is InChI=1S/C32H61NO8/c1-6-8-10-12-14-15-16-17-19-21-23-30(35)41-28(26-39-29(34)22-20-18-13-11-9-7-2)27-40-32(31(36)37)38-25-24-33(3,4)5/h28,32H,6-27H2,1-5H3/p+1. The maximum atomic E-state index is 12.5. The van der Waals surface area contributed by atoms with Crippen LogP contribution in [0.4, 0.5) is 0 Å². The third-order valence-corrected chi connectivity index (χ3v) is 6.86. The number of hydrogen-bond donors (Lipinski definition) is 1. The molecule has 0 aromatic rings. The van der Waals surface area contributed by atoms with E-state index in [1.54, 1.807) is 0 Å². The van der Waals surface area contributed by atoms with E-state index in [1.165, 1.54) is 64.2 Å². The molecular formula is C32H62NO8+. The molecule has 0 fully saturated rings. The number of carbonyl (C=O) groups is 3. The first-order chi connectivity index (χ1) is 19.6. The van der Waals surface area contributed by atoms with Crippen molar-refractivity contribution in [2.45, 2.75) is 142 Å². The summed E-state index contributed by atoms with van der Waals surface area (Å²) in [7, 11) is 5.93. The number of esters is 2. The van der Waals surface area contributed by atoms with Gasteiger partial charge in [-0.1, -0.05) is 104 Å². The molecule has 9 heteroatoms. The number of rotatable bonds is 29. The van der Waals surface area contributed by atoms with E-state index >= 15 is 0 Å². The summed E-state index contributed by atoms with van der Waals surface area (Å²) in [4.78, 5) is 36.4. The maximum Gasteiger partial charge on any atom is 0.361 e. The van der Waals surface area contributed by atoms with Crippen LogP contribution in [0.5, 0.6) is 0 Å². The summed E-state index contributed by atoms with van der Waals surface area (Å²) in [6.45, 7) is 4.76. The van der Waals surface area contributed by atoms with E-state index in [0.29, 0.717) is 17.4 Å². The molecule has 0 heterocycles. The fourth-order valence-corrected chi connectivity index (χ4v) is 4.24. The lowest BCUT2D eigenvalue weighted by Gasteiger charge is -2.25. The Hall–Kier alpha value is -1.71. The number of carboxylic acid groups (broad SMARTS) is 1. The number of carbonyl (C=O) groups excluding carboxylic acids is 2. The first-order valence-corrected chi connectivity index (χ1v) is 16.2. The van der Waals surface area contributed by atoms with Crippen LogP contribution in [-0.4, -0.2) is 87.4 Å². The lowest BCUT2D eigenvalue weighted by Crippen LogP contribution is -2.40. The number of quaternary nitrogens is 1. The molecule has 0 aromatic carbocycles. The number of ether oxygens (including phenoxy) is 4. The average molecular weight is 589 g/mol. The van der Waals surface area contributed by atoms with E-state index in [0.717, 1.165) is 38.5 Å². The Morgan fingerprint density at radius 1 is 0.634 bits per heavy atom. The van der Waals surface area contributed by atoms with Gasteiger partial charge in [0.25, 0.3) is 6.29 Å². The van der Waals surface area contributed by atoms with Crippen molar-refractivity contribution in [3.63, 3.8) is 0 Å². The van der Waals surface area contributed by atoms with Crippen LogP contribution >= 0.6 is 0 Å². The fourth-order valence-electron chi connectivity index (χ4n) is 4.24. The molecule has 0 amide bonds. The minimum atomic E-state index is -1.50. The van der Waals surface area contributed by atoms with E-state index in [1.807, 2.05) is 21.1 Å². The zero-order valence-corrected chi connectivity index (χ0v) is 27.0. The predicted molar refractivity (Wildman–Crippen MR) is 162 cm³/mol. The van der Waals surface area contributed by atoms with Crippen LogP contribution in [0.1, 0.15) is 129 Å². The van der Waals surface area contributed by atoms with Crippen molar-refractivity contribution < 1.29 is 42.9 Å². The second kappa shape index (κ2) is 26.0. The molecule has 0 aliphatic carbocycles. The van der Waals surface area contributed by atoms with Gasteiger partial charge in [0.15, 0.2) is 6.10 Å². The average Bonchev–Trinajstić information content (AvgIpc) is 2.91. The minimum Gasteiger partial charge on any atom is -0.477 e. The van der Waals surface area contributed by atoms with Crippen molar-refractivity contribution >= 4 is 17.9 Å². The summed E-state index contributed by atoms with van der Waals surface area (Å²) < 4.78 is 22.4. The quantitative estimate of drug-likeness (QED) is 0.0448. The molecule has 0 aliphatic heterocycles. The zero-order chi connectivity index (χ0) is 30.8. The highest BCUT2D eigenvalue weighted by molar-refractivity contribution is 5.71. The van der Waals surface area contributed by atoms with Gasteiger partial charge in [-0.25, -0.2) is 4.79 Å². The van der Waals surface area contributed by atoms with E-state index in [2.05, 4.69) is 13.8 Å². The van der Waals surface area contributed by atoms with Crippen molar-refractivity contribution in [2.24, 2.45) is 0 Å². The van der Waals surface area contributed by atoms with Crippen LogP contribution in [0.25, 0.3) is 0 Å². The Bertz CT molecular complexity index is 665. The van der Waals surface area contributed by atoms with Crippen LogP contribution in [-0.2, 0) is 33.3 Å². The second-order valence-corrected chi connectivity index (χ2v) is 12.1. The number of unbranched alkanes of at least 4 members (excludes halogenated alkanes) is 14. The van der Waals surface area contributed by atoms with Crippen LogP contribution in [0, 0.1) is 0 Å². The number of likely N-dealkylation sites (N-methyl/N-ethyl adjacent to an activating group) is 1. The third-order valence-electron chi connectivity index (χ3n) is 6.86. The van der Waals surface area contributed by atoms with Gasteiger partial charge in [0.2, 0.25) is 0 Å². The van der Waals surface area contributed by atoms with Gasteiger partial charge in [-0.2, -0.15) is 0 Å². The SMILES string of the molecule is CCCCCCCCCCCCC(=O)OC(COC(=O)CCCCCCCC)COC(OCC[N+](C)(C)C)C(=O)O. The summed E-state index contributed by atoms with van der Waals surface area (Å²) in [5, 5.41) is 9.50. The summed E-state index contributed by atoms with van der Waals surface area (Å²) in [5.41, 5.74) is 0. The molecule has 9 nitrogen and oxygen atoms in total. The highest BCUT2D eigenvalue weighted by atomic mass is 16.7. The van der Waals surface area contributed by atoms with Gasteiger partial charge in [-0.05, 0) is 12.8 Å². The van der Waals surface area contributed by atoms with E-state index in [9.17, 15) is 19.5 Å². The van der Waals surface area contributed by atoms with Crippen molar-refractivity contribution in [3.8, 4) is 0 Å². The molecule has 0 radical (unpaired) electrons. The molecule has 1 N–H and O–H groups in total. The molecule has 242 valence electrons. The van der Waals surface area contributed by atoms with Gasteiger partial charge in [-0.3, -0.25) is 9.59 Å². The lowest BCUT2D eigenvalue weighted by atomic mass is 10.1. The summed E-state index contributed by atoms with van der Waals surface area (Å²) >= 11 is 0. The normalized spacial score (nSPS) is 13.1. The van der Waals surface area contributed by atoms with Crippen LogP contribution in [0.15, 0.2) is 0 Å². The largest absolute Gasteiger partial charge is 0.477 e. The Morgan fingerprint density at radius 2 is 1.10 bits per heavy atom. The lowest BCUT2D eigenvalue weighted by molar-refractivity contribution is -0.870. The number of carboxylic acids is 1. The van der Waals surface area contributed by atoms with Gasteiger partial charge >= 0.3 is 17.9 Å². The zero-order valence-electron chi connectivity index (χ0n) is 27.0. The Balaban J connectivity index is 4.62. The molecule has 2 unspecified atom stereocenters. The van der Waals surface area contributed by atoms with Crippen molar-refractivity contribution in [2.75, 3.05) is 47.5 Å². The molecule has 0 spiro atoms. The van der Waals surface area contributed by atoms with Crippen molar-refractivity contribution in [3.05, 3.63) is 0 Å². The van der Waals surface area contributed by atoms with E-state index in [4.69, 9.17) is 18.9 Å². The molecule has 41 heavy (non-hydrogen) atoms. The van der Waals surface area contributed by atoms with Crippen molar-refractivity contribution in [1.29, 1.82) is 0 Å². The van der Waals surface area contributed by atoms with Crippen LogP contribution in [0.3, 0.4) is 0 Å². The highest BCUT2D eigenvalue weighted by Crippen LogP contribution is 2.13. The number of aliphatic carboxylic acids is 1. The molecule has 0 saturated heterocycles. The molecule has 0 aliphatic rings. The van der Waals surface area contributed by atoms with E-state index in [-0.39, 0.29) is 32.2 Å². The van der Waals surface area contributed by atoms with Crippen LogP contribution < -0.4 is 0 Å². The summed E-state index contributed by atoms with van der Waals surface area (Å²) in [6.07, 6.45) is 16.2. The highest BCUT2D eigenvalue weighted by Gasteiger charge is 2.25. The first-order valence-electron chi connectivity index (χ1n) is 16.2. The van der Waals surface area contributed by atoms with Gasteiger partial charge in [0.05, 0.1) is 34.4 Å². The summed E-state index contributed by atoms with van der Waals surface area (Å²) in [6, 6.07) is 0. The van der Waals surface area contributed by atoms with Gasteiger partial charge in [-0.15, -0.1) is 0 Å². The fraction of sp³-hybridized carbons (Fsp3) is 0.906. The van der Waals surface area contributed by atoms with Gasteiger partial charge in [0, 0.05) is 12.8 Å². The third kappa shape index (κ3) is 26.9. The molecule has 0 bridgehead atoms. The summed E-state index contributed by atoms with van der Waals surface area (Å²) in [5.74, 6) is -2.02. The Kier molecular flexibility index (Phi) is 24.9.